The Morgan fingerprint density at radius 2 is 1.90 bits per heavy atom. The minimum absolute atomic E-state index is 0.188. The fourth-order valence-corrected chi connectivity index (χ4v) is 4.12. The number of thiocarbonyl (C=S) groups is 1. The van der Waals surface area contributed by atoms with Gasteiger partial charge in [0.2, 0.25) is 0 Å². The lowest BCUT2D eigenvalue weighted by atomic mass is 10.1. The molecule has 6 nitrogen and oxygen atoms in total. The van der Waals surface area contributed by atoms with Crippen LogP contribution in [0.2, 0.25) is 0 Å². The first kappa shape index (κ1) is 21.9. The van der Waals surface area contributed by atoms with Crippen molar-refractivity contribution in [3.05, 3.63) is 58.0 Å². The molecule has 1 aliphatic heterocycles. The number of nitrogens with zero attached hydrogens (tertiary/aromatic N) is 1. The second-order valence-electron chi connectivity index (χ2n) is 6.79. The maximum atomic E-state index is 13.0. The number of thioether (sulfide) groups is 1. The summed E-state index contributed by atoms with van der Waals surface area (Å²) in [4.78, 5) is 26.0. The predicted molar refractivity (Wildman–Crippen MR) is 122 cm³/mol. The van der Waals surface area contributed by atoms with Crippen molar-refractivity contribution in [2.24, 2.45) is 0 Å². The van der Waals surface area contributed by atoms with Gasteiger partial charge in [0.05, 0.1) is 17.7 Å². The molecule has 2 aromatic carbocycles. The van der Waals surface area contributed by atoms with Gasteiger partial charge in [0.15, 0.2) is 21.9 Å². The van der Waals surface area contributed by atoms with Crippen LogP contribution in [0.25, 0.3) is 6.08 Å². The van der Waals surface area contributed by atoms with Crippen molar-refractivity contribution < 1.29 is 24.2 Å². The molecule has 8 heteroatoms. The van der Waals surface area contributed by atoms with E-state index >= 15 is 0 Å². The first-order chi connectivity index (χ1) is 14.2. The van der Waals surface area contributed by atoms with Crippen molar-refractivity contribution in [3.63, 3.8) is 0 Å². The number of carboxylic acids is 1. The SMILES string of the molecule is COc1cc(/C=C2/SC(=S)N(c3ccc(C)c(C)c3)C2=O)ccc1OC(C)C(=O)O. The molecule has 1 amide bonds. The first-order valence-electron chi connectivity index (χ1n) is 9.14. The molecule has 0 saturated carbocycles. The lowest BCUT2D eigenvalue weighted by Gasteiger charge is -2.16. The average Bonchev–Trinajstić information content (AvgIpc) is 2.98. The lowest BCUT2D eigenvalue weighted by Crippen LogP contribution is -2.27. The molecule has 1 saturated heterocycles. The Balaban J connectivity index is 1.88. The number of carboxylic acid groups (broad SMARTS) is 1. The number of anilines is 1. The van der Waals surface area contributed by atoms with Crippen molar-refractivity contribution >= 4 is 51.9 Å². The van der Waals surface area contributed by atoms with Gasteiger partial charge in [-0.3, -0.25) is 9.69 Å². The second kappa shape index (κ2) is 8.89. The van der Waals surface area contributed by atoms with Crippen LogP contribution in [-0.4, -0.2) is 34.5 Å². The summed E-state index contributed by atoms with van der Waals surface area (Å²) >= 11 is 6.67. The van der Waals surface area contributed by atoms with Crippen LogP contribution in [0.3, 0.4) is 0 Å². The Morgan fingerprint density at radius 1 is 1.17 bits per heavy atom. The third kappa shape index (κ3) is 4.49. The summed E-state index contributed by atoms with van der Waals surface area (Å²) in [6, 6.07) is 10.8. The molecule has 1 unspecified atom stereocenters. The van der Waals surface area contributed by atoms with Crippen molar-refractivity contribution in [2.75, 3.05) is 12.0 Å². The molecule has 0 aromatic heterocycles. The fraction of sp³-hybridized carbons (Fsp3) is 0.227. The van der Waals surface area contributed by atoms with Crippen LogP contribution < -0.4 is 14.4 Å². The van der Waals surface area contributed by atoms with E-state index in [2.05, 4.69) is 0 Å². The standard InChI is InChI=1S/C22H21NO5S2/c1-12-5-7-16(9-13(12)2)23-20(24)19(30-22(23)29)11-15-6-8-17(18(10-15)27-4)28-14(3)21(25)26/h5-11,14H,1-4H3,(H,25,26)/b19-11+. The van der Waals surface area contributed by atoms with Gasteiger partial charge in [-0.1, -0.05) is 36.1 Å². The van der Waals surface area contributed by atoms with Gasteiger partial charge < -0.3 is 14.6 Å². The van der Waals surface area contributed by atoms with Crippen LogP contribution in [0.15, 0.2) is 41.3 Å². The summed E-state index contributed by atoms with van der Waals surface area (Å²) in [6.07, 6.45) is 0.715. The topological polar surface area (TPSA) is 76.1 Å². The van der Waals surface area contributed by atoms with Gasteiger partial charge in [0.1, 0.15) is 0 Å². The highest BCUT2D eigenvalue weighted by Crippen LogP contribution is 2.37. The molecular formula is C22H21NO5S2. The average molecular weight is 444 g/mol. The number of carbonyl (C=O) groups excluding carboxylic acids is 1. The van der Waals surface area contributed by atoms with Gasteiger partial charge in [0, 0.05) is 0 Å². The van der Waals surface area contributed by atoms with E-state index in [0.717, 1.165) is 16.8 Å². The van der Waals surface area contributed by atoms with Gasteiger partial charge in [-0.15, -0.1) is 0 Å². The number of aliphatic carboxylic acids is 1. The van der Waals surface area contributed by atoms with E-state index in [1.54, 1.807) is 24.3 Å². The van der Waals surface area contributed by atoms with E-state index in [-0.39, 0.29) is 5.91 Å². The van der Waals surface area contributed by atoms with Gasteiger partial charge in [-0.2, -0.15) is 0 Å². The third-order valence-electron chi connectivity index (χ3n) is 4.68. The molecular weight excluding hydrogens is 422 g/mol. The van der Waals surface area contributed by atoms with Crippen molar-refractivity contribution in [2.45, 2.75) is 26.9 Å². The van der Waals surface area contributed by atoms with Crippen LogP contribution in [-0.2, 0) is 9.59 Å². The monoisotopic (exact) mass is 443 g/mol. The summed E-state index contributed by atoms with van der Waals surface area (Å²) in [5, 5.41) is 9.02. The van der Waals surface area contributed by atoms with Crippen molar-refractivity contribution in [3.8, 4) is 11.5 Å². The van der Waals surface area contributed by atoms with Crippen LogP contribution >= 0.6 is 24.0 Å². The lowest BCUT2D eigenvalue weighted by molar-refractivity contribution is -0.144. The van der Waals surface area contributed by atoms with Crippen LogP contribution in [0.1, 0.15) is 23.6 Å². The number of hydrogen-bond donors (Lipinski definition) is 1. The van der Waals surface area contributed by atoms with Crippen molar-refractivity contribution in [1.29, 1.82) is 0 Å². The van der Waals surface area contributed by atoms with Crippen LogP contribution in [0.4, 0.5) is 5.69 Å². The smallest absolute Gasteiger partial charge is 0.344 e. The second-order valence-corrected chi connectivity index (χ2v) is 8.47. The number of ether oxygens (including phenoxy) is 2. The molecule has 1 heterocycles. The molecule has 156 valence electrons. The largest absolute Gasteiger partial charge is 0.493 e. The predicted octanol–water partition coefficient (Wildman–Crippen LogP) is 4.57. The quantitative estimate of drug-likeness (QED) is 0.518. The normalized spacial score (nSPS) is 16.1. The summed E-state index contributed by atoms with van der Waals surface area (Å²) in [7, 11) is 1.47. The zero-order valence-corrected chi connectivity index (χ0v) is 18.6. The highest BCUT2D eigenvalue weighted by molar-refractivity contribution is 8.27. The molecule has 1 fully saturated rings. The molecule has 2 aromatic rings. The van der Waals surface area contributed by atoms with Gasteiger partial charge in [-0.05, 0) is 67.8 Å². The molecule has 0 aliphatic carbocycles. The minimum atomic E-state index is -1.07. The maximum absolute atomic E-state index is 13.0. The number of amides is 1. The zero-order valence-electron chi connectivity index (χ0n) is 17.0. The van der Waals surface area contributed by atoms with E-state index < -0.39 is 12.1 Å². The Hall–Kier alpha value is -2.84. The van der Waals surface area contributed by atoms with Crippen molar-refractivity contribution in [1.82, 2.24) is 0 Å². The number of carbonyl (C=O) groups is 2. The molecule has 0 bridgehead atoms. The Labute approximate surface area is 184 Å². The number of hydrogen-bond acceptors (Lipinski definition) is 6. The summed E-state index contributed by atoms with van der Waals surface area (Å²) in [5.74, 6) is -0.572. The van der Waals surface area contributed by atoms with Crippen LogP contribution in [0, 0.1) is 13.8 Å². The maximum Gasteiger partial charge on any atom is 0.344 e. The third-order valence-corrected chi connectivity index (χ3v) is 5.98. The highest BCUT2D eigenvalue weighted by atomic mass is 32.2. The molecule has 30 heavy (non-hydrogen) atoms. The zero-order chi connectivity index (χ0) is 22.0. The molecule has 3 rings (SSSR count). The van der Waals surface area contributed by atoms with E-state index in [1.165, 1.54) is 30.7 Å². The molecule has 0 radical (unpaired) electrons. The summed E-state index contributed by atoms with van der Waals surface area (Å²) in [5.41, 5.74) is 3.68. The number of rotatable bonds is 6. The Bertz CT molecular complexity index is 1060. The summed E-state index contributed by atoms with van der Waals surface area (Å²) in [6.45, 7) is 5.45. The molecule has 1 aliphatic rings. The molecule has 1 atom stereocenters. The van der Waals surface area contributed by atoms with E-state index in [4.69, 9.17) is 26.8 Å². The number of methoxy groups -OCH3 is 1. The van der Waals surface area contributed by atoms with E-state index in [9.17, 15) is 9.59 Å². The Morgan fingerprint density at radius 3 is 2.53 bits per heavy atom. The Kier molecular flexibility index (Phi) is 6.48. The first-order valence-corrected chi connectivity index (χ1v) is 10.4. The minimum Gasteiger partial charge on any atom is -0.493 e. The van der Waals surface area contributed by atoms with E-state index in [1.807, 2.05) is 32.0 Å². The van der Waals surface area contributed by atoms with Gasteiger partial charge >= 0.3 is 5.97 Å². The highest BCUT2D eigenvalue weighted by Gasteiger charge is 2.33. The fourth-order valence-electron chi connectivity index (χ4n) is 2.82. The molecule has 0 spiro atoms. The number of aryl methyl sites for hydroxylation is 2. The van der Waals surface area contributed by atoms with Gasteiger partial charge in [0.25, 0.3) is 5.91 Å². The van der Waals surface area contributed by atoms with E-state index in [0.29, 0.717) is 26.3 Å². The van der Waals surface area contributed by atoms with Crippen LogP contribution in [0.5, 0.6) is 11.5 Å². The summed E-state index contributed by atoms with van der Waals surface area (Å²) < 4.78 is 11.2. The number of benzene rings is 2. The molecule has 1 N–H and O–H groups in total. The van der Waals surface area contributed by atoms with Gasteiger partial charge in [-0.25, -0.2) is 4.79 Å².